The number of carbonyl (C=O) groups is 1. The van der Waals surface area contributed by atoms with E-state index in [1.807, 2.05) is 0 Å². The number of rotatable bonds is 6. The number of hydrogen-bond acceptors (Lipinski definition) is 3. The molecule has 0 radical (unpaired) electrons. The number of sulfonamides is 1. The first-order valence-corrected chi connectivity index (χ1v) is 10.2. The molecule has 0 heterocycles. The number of nitrogens with zero attached hydrogens (tertiary/aromatic N) is 2. The van der Waals surface area contributed by atoms with Crippen molar-refractivity contribution in [3.05, 3.63) is 64.7 Å². The van der Waals surface area contributed by atoms with Gasteiger partial charge in [0.2, 0.25) is 15.9 Å². The predicted molar refractivity (Wildman–Crippen MR) is 101 cm³/mol. The molecule has 0 N–H and O–H groups in total. The average molecular weight is 417 g/mol. The Bertz CT molecular complexity index is 936. The Labute approximate surface area is 162 Å². The van der Waals surface area contributed by atoms with Gasteiger partial charge in [0.15, 0.2) is 11.6 Å². The highest BCUT2D eigenvalue weighted by Crippen LogP contribution is 2.24. The van der Waals surface area contributed by atoms with E-state index in [4.69, 9.17) is 11.6 Å². The zero-order valence-corrected chi connectivity index (χ0v) is 16.6. The van der Waals surface area contributed by atoms with Crippen molar-refractivity contribution in [1.29, 1.82) is 0 Å². The second kappa shape index (κ2) is 8.22. The number of amides is 1. The molecule has 2 rings (SSSR count). The minimum absolute atomic E-state index is 0.128. The van der Waals surface area contributed by atoms with Gasteiger partial charge in [-0.15, -0.1) is 0 Å². The Morgan fingerprint density at radius 2 is 1.70 bits per heavy atom. The summed E-state index contributed by atoms with van der Waals surface area (Å²) in [6, 6.07) is 8.40. The van der Waals surface area contributed by atoms with Crippen LogP contribution in [0.15, 0.2) is 42.5 Å². The van der Waals surface area contributed by atoms with E-state index in [0.29, 0.717) is 5.02 Å². The molecule has 0 fully saturated rings. The van der Waals surface area contributed by atoms with E-state index in [1.54, 1.807) is 24.3 Å². The van der Waals surface area contributed by atoms with Crippen LogP contribution in [0.2, 0.25) is 5.02 Å². The molecule has 0 aliphatic carbocycles. The van der Waals surface area contributed by atoms with Gasteiger partial charge in [0.1, 0.15) is 6.04 Å². The topological polar surface area (TPSA) is 57.7 Å². The molecule has 0 bridgehead atoms. The summed E-state index contributed by atoms with van der Waals surface area (Å²) in [7, 11) is -2.40. The second-order valence-electron chi connectivity index (χ2n) is 6.15. The lowest BCUT2D eigenvalue weighted by molar-refractivity contribution is -0.131. The quantitative estimate of drug-likeness (QED) is 0.724. The minimum Gasteiger partial charge on any atom is -0.340 e. The molecule has 0 aromatic heterocycles. The van der Waals surface area contributed by atoms with Crippen molar-refractivity contribution in [3.8, 4) is 0 Å². The lowest BCUT2D eigenvalue weighted by Gasteiger charge is -2.31. The molecule has 27 heavy (non-hydrogen) atoms. The van der Waals surface area contributed by atoms with Gasteiger partial charge in [0, 0.05) is 24.7 Å². The van der Waals surface area contributed by atoms with Crippen molar-refractivity contribution < 1.29 is 22.0 Å². The maximum Gasteiger partial charge on any atom is 0.246 e. The third kappa shape index (κ3) is 5.17. The van der Waals surface area contributed by atoms with E-state index in [-0.39, 0.29) is 12.2 Å². The first-order valence-electron chi connectivity index (χ1n) is 7.94. The third-order valence-corrected chi connectivity index (χ3v) is 5.43. The Morgan fingerprint density at radius 1 is 1.11 bits per heavy atom. The summed E-state index contributed by atoms with van der Waals surface area (Å²) < 4.78 is 52.0. The van der Waals surface area contributed by atoms with Crippen LogP contribution in [0, 0.1) is 11.6 Å². The molecular formula is C18H19ClF2N2O3S. The van der Waals surface area contributed by atoms with Crippen molar-refractivity contribution in [2.24, 2.45) is 0 Å². The summed E-state index contributed by atoms with van der Waals surface area (Å²) in [5.41, 5.74) is 0.679. The van der Waals surface area contributed by atoms with Crippen LogP contribution in [0.25, 0.3) is 0 Å². The summed E-state index contributed by atoms with van der Waals surface area (Å²) in [5.74, 6) is -2.80. The van der Waals surface area contributed by atoms with Crippen molar-refractivity contribution in [3.63, 3.8) is 0 Å². The summed E-state index contributed by atoms with van der Waals surface area (Å²) in [6.07, 6.45) is 0.900. The molecule has 9 heteroatoms. The number of benzene rings is 2. The fraction of sp³-hybridized carbons (Fsp3) is 0.278. The molecule has 0 saturated heterocycles. The van der Waals surface area contributed by atoms with E-state index in [0.717, 1.165) is 34.3 Å². The molecule has 5 nitrogen and oxygen atoms in total. The Kier molecular flexibility index (Phi) is 6.43. The number of hydrogen-bond donors (Lipinski definition) is 0. The van der Waals surface area contributed by atoms with Gasteiger partial charge in [-0.2, -0.15) is 0 Å². The zero-order valence-electron chi connectivity index (χ0n) is 15.0. The van der Waals surface area contributed by atoms with Crippen molar-refractivity contribution in [2.75, 3.05) is 17.6 Å². The molecule has 0 aliphatic heterocycles. The number of carbonyl (C=O) groups excluding carboxylic acids is 1. The standard InChI is InChI=1S/C18H19ClF2N2O3S/c1-12(18(24)22(2)11-13-4-6-14(19)7-5-13)23(27(3,25)26)15-8-9-16(20)17(21)10-15/h4-10,12H,11H2,1-3H3. The SMILES string of the molecule is CC(C(=O)N(C)Cc1ccc(Cl)cc1)N(c1ccc(F)c(F)c1)S(C)(=O)=O. The molecule has 0 aliphatic rings. The van der Waals surface area contributed by atoms with Gasteiger partial charge in [-0.3, -0.25) is 9.10 Å². The van der Waals surface area contributed by atoms with Crippen molar-refractivity contribution >= 4 is 33.2 Å². The lowest BCUT2D eigenvalue weighted by atomic mass is 10.2. The number of anilines is 1. The van der Waals surface area contributed by atoms with Crippen LogP contribution in [0.4, 0.5) is 14.5 Å². The zero-order chi connectivity index (χ0) is 20.4. The largest absolute Gasteiger partial charge is 0.340 e. The van der Waals surface area contributed by atoms with E-state index in [1.165, 1.54) is 18.9 Å². The van der Waals surface area contributed by atoms with Crippen LogP contribution in [0.3, 0.4) is 0 Å². The summed E-state index contributed by atoms with van der Waals surface area (Å²) in [5, 5.41) is 0.558. The van der Waals surface area contributed by atoms with Crippen LogP contribution < -0.4 is 4.31 Å². The fourth-order valence-electron chi connectivity index (χ4n) is 2.69. The highest BCUT2D eigenvalue weighted by atomic mass is 35.5. The highest BCUT2D eigenvalue weighted by Gasteiger charge is 2.31. The molecule has 0 saturated carbocycles. The van der Waals surface area contributed by atoms with Crippen LogP contribution >= 0.6 is 11.6 Å². The van der Waals surface area contributed by atoms with E-state index in [9.17, 15) is 22.0 Å². The molecule has 146 valence electrons. The fourth-order valence-corrected chi connectivity index (χ4v) is 3.97. The van der Waals surface area contributed by atoms with Gasteiger partial charge in [-0.25, -0.2) is 17.2 Å². The van der Waals surface area contributed by atoms with E-state index in [2.05, 4.69) is 0 Å². The second-order valence-corrected chi connectivity index (χ2v) is 8.45. The number of likely N-dealkylation sites (N-methyl/N-ethyl adjacent to an activating group) is 1. The van der Waals surface area contributed by atoms with Gasteiger partial charge in [0.25, 0.3) is 0 Å². The first kappa shape index (κ1) is 21.1. The molecule has 2 aromatic carbocycles. The monoisotopic (exact) mass is 416 g/mol. The van der Waals surface area contributed by atoms with Gasteiger partial charge in [-0.1, -0.05) is 23.7 Å². The van der Waals surface area contributed by atoms with Gasteiger partial charge >= 0.3 is 0 Å². The lowest BCUT2D eigenvalue weighted by Crippen LogP contribution is -2.48. The Morgan fingerprint density at radius 3 is 2.22 bits per heavy atom. The molecular weight excluding hydrogens is 398 g/mol. The predicted octanol–water partition coefficient (Wildman–Crippen LogP) is 3.43. The molecule has 1 unspecified atom stereocenters. The molecule has 1 amide bonds. The van der Waals surface area contributed by atoms with Gasteiger partial charge < -0.3 is 4.90 Å². The maximum absolute atomic E-state index is 13.6. The summed E-state index contributed by atoms with van der Waals surface area (Å²) >= 11 is 5.83. The summed E-state index contributed by atoms with van der Waals surface area (Å²) in [6.45, 7) is 1.62. The number of halogens is 3. The van der Waals surface area contributed by atoms with Crippen molar-refractivity contribution in [2.45, 2.75) is 19.5 Å². The average Bonchev–Trinajstić information content (AvgIpc) is 2.58. The minimum atomic E-state index is -3.92. The van der Waals surface area contributed by atoms with Crippen LogP contribution in [-0.4, -0.2) is 38.6 Å². The third-order valence-electron chi connectivity index (χ3n) is 3.93. The van der Waals surface area contributed by atoms with Crippen LogP contribution in [0.5, 0.6) is 0 Å². The Hall–Kier alpha value is -2.19. The summed E-state index contributed by atoms with van der Waals surface area (Å²) in [4.78, 5) is 14.1. The Balaban J connectivity index is 2.28. The molecule has 0 spiro atoms. The first-order chi connectivity index (χ1) is 12.5. The van der Waals surface area contributed by atoms with Crippen LogP contribution in [0.1, 0.15) is 12.5 Å². The van der Waals surface area contributed by atoms with Crippen LogP contribution in [-0.2, 0) is 21.4 Å². The van der Waals surface area contributed by atoms with E-state index >= 15 is 0 Å². The smallest absolute Gasteiger partial charge is 0.246 e. The maximum atomic E-state index is 13.6. The van der Waals surface area contributed by atoms with Gasteiger partial charge in [-0.05, 0) is 36.8 Å². The normalized spacial score (nSPS) is 12.5. The molecule has 1 atom stereocenters. The highest BCUT2D eigenvalue weighted by molar-refractivity contribution is 7.92. The van der Waals surface area contributed by atoms with E-state index < -0.39 is 33.6 Å². The van der Waals surface area contributed by atoms with Gasteiger partial charge in [0.05, 0.1) is 11.9 Å². The van der Waals surface area contributed by atoms with Crippen molar-refractivity contribution in [1.82, 2.24) is 4.90 Å². The molecule has 2 aromatic rings.